The highest BCUT2D eigenvalue weighted by Gasteiger charge is 2.22. The lowest BCUT2D eigenvalue weighted by Gasteiger charge is -2.13. The first kappa shape index (κ1) is 14.7. The van der Waals surface area contributed by atoms with E-state index in [1.807, 2.05) is 0 Å². The van der Waals surface area contributed by atoms with Crippen LogP contribution < -0.4 is 4.74 Å². The highest BCUT2D eigenvalue weighted by atomic mass is 79.9. The molecular weight excluding hydrogens is 304 g/mol. The summed E-state index contributed by atoms with van der Waals surface area (Å²) in [6.45, 7) is 1.67. The summed E-state index contributed by atoms with van der Waals surface area (Å²) in [4.78, 5) is 22.2. The van der Waals surface area contributed by atoms with Gasteiger partial charge in [0.05, 0.1) is 11.9 Å². The molecule has 98 valence electrons. The third kappa shape index (κ3) is 3.08. The SMILES string of the molecule is COc1ccc(C(=O)C(C)Br)cc1C(O)C(=O)O. The first-order valence-electron chi connectivity index (χ1n) is 5.15. The molecule has 2 unspecified atom stereocenters. The second-order valence-corrected chi connectivity index (χ2v) is 5.05. The smallest absolute Gasteiger partial charge is 0.337 e. The molecule has 0 amide bonds. The van der Waals surface area contributed by atoms with Crippen LogP contribution in [0.15, 0.2) is 18.2 Å². The summed E-state index contributed by atoms with van der Waals surface area (Å²) in [5.41, 5.74) is 0.375. The summed E-state index contributed by atoms with van der Waals surface area (Å²) >= 11 is 3.14. The van der Waals surface area contributed by atoms with Crippen LogP contribution in [0.3, 0.4) is 0 Å². The van der Waals surface area contributed by atoms with Crippen molar-refractivity contribution in [2.24, 2.45) is 0 Å². The van der Waals surface area contributed by atoms with Crippen molar-refractivity contribution < 1.29 is 24.5 Å². The van der Waals surface area contributed by atoms with E-state index in [9.17, 15) is 14.7 Å². The van der Waals surface area contributed by atoms with Crippen molar-refractivity contribution in [3.8, 4) is 5.75 Å². The summed E-state index contributed by atoms with van der Waals surface area (Å²) in [7, 11) is 1.36. The molecule has 2 atom stereocenters. The molecule has 0 saturated carbocycles. The lowest BCUT2D eigenvalue weighted by Crippen LogP contribution is -2.15. The Morgan fingerprint density at radius 2 is 2.00 bits per heavy atom. The van der Waals surface area contributed by atoms with Gasteiger partial charge in [0.25, 0.3) is 0 Å². The number of rotatable bonds is 5. The van der Waals surface area contributed by atoms with E-state index < -0.39 is 12.1 Å². The molecule has 1 aromatic rings. The number of carbonyl (C=O) groups excluding carboxylic acids is 1. The van der Waals surface area contributed by atoms with Crippen LogP contribution in [-0.2, 0) is 4.79 Å². The number of carboxylic acids is 1. The van der Waals surface area contributed by atoms with E-state index in [0.717, 1.165) is 0 Å². The molecule has 18 heavy (non-hydrogen) atoms. The van der Waals surface area contributed by atoms with E-state index in [0.29, 0.717) is 5.56 Å². The van der Waals surface area contributed by atoms with Gasteiger partial charge in [0, 0.05) is 11.1 Å². The van der Waals surface area contributed by atoms with Crippen LogP contribution in [0.4, 0.5) is 0 Å². The fraction of sp³-hybridized carbons (Fsp3) is 0.333. The molecule has 0 heterocycles. The van der Waals surface area contributed by atoms with Crippen molar-refractivity contribution >= 4 is 27.7 Å². The van der Waals surface area contributed by atoms with Crippen LogP contribution in [0.5, 0.6) is 5.75 Å². The van der Waals surface area contributed by atoms with Gasteiger partial charge in [0.1, 0.15) is 5.75 Å². The first-order chi connectivity index (χ1) is 8.38. The van der Waals surface area contributed by atoms with E-state index in [4.69, 9.17) is 9.84 Å². The zero-order valence-electron chi connectivity index (χ0n) is 9.88. The maximum absolute atomic E-state index is 11.8. The second-order valence-electron chi connectivity index (χ2n) is 3.68. The number of aliphatic hydroxyl groups excluding tert-OH is 1. The van der Waals surface area contributed by atoms with Gasteiger partial charge in [0.2, 0.25) is 0 Å². The zero-order valence-corrected chi connectivity index (χ0v) is 11.5. The minimum Gasteiger partial charge on any atom is -0.496 e. The Morgan fingerprint density at radius 1 is 1.39 bits per heavy atom. The Labute approximate surface area is 113 Å². The maximum atomic E-state index is 11.8. The van der Waals surface area contributed by atoms with Gasteiger partial charge in [-0.2, -0.15) is 0 Å². The largest absolute Gasteiger partial charge is 0.496 e. The summed E-state index contributed by atoms with van der Waals surface area (Å²) in [5.74, 6) is -1.37. The molecule has 0 saturated heterocycles. The summed E-state index contributed by atoms with van der Waals surface area (Å²) in [6, 6.07) is 4.32. The molecule has 0 aliphatic carbocycles. The molecule has 6 heteroatoms. The zero-order chi connectivity index (χ0) is 13.9. The minimum atomic E-state index is -1.72. The molecule has 5 nitrogen and oxygen atoms in total. The second kappa shape index (κ2) is 5.97. The van der Waals surface area contributed by atoms with Gasteiger partial charge in [-0.3, -0.25) is 4.79 Å². The standard InChI is InChI=1S/C12H13BrO5/c1-6(13)10(14)7-3-4-9(18-2)8(5-7)11(15)12(16)17/h3-6,11,15H,1-2H3,(H,16,17). The van der Waals surface area contributed by atoms with Gasteiger partial charge < -0.3 is 14.9 Å². The molecule has 1 aromatic carbocycles. The minimum absolute atomic E-state index is 0.0593. The number of aliphatic hydroxyl groups is 1. The maximum Gasteiger partial charge on any atom is 0.337 e. The first-order valence-corrected chi connectivity index (χ1v) is 6.07. The van der Waals surface area contributed by atoms with E-state index in [-0.39, 0.29) is 21.9 Å². The Balaban J connectivity index is 3.25. The number of Topliss-reactive ketones (excluding diaryl/α,β-unsaturated/α-hetero) is 1. The topological polar surface area (TPSA) is 83.8 Å². The molecule has 0 bridgehead atoms. The number of aliphatic carboxylic acids is 1. The summed E-state index contributed by atoms with van der Waals surface area (Å²) in [5, 5.41) is 18.3. The van der Waals surface area contributed by atoms with Crippen LogP contribution >= 0.6 is 15.9 Å². The van der Waals surface area contributed by atoms with Crippen LogP contribution in [0.2, 0.25) is 0 Å². The molecule has 0 spiro atoms. The van der Waals surface area contributed by atoms with Crippen molar-refractivity contribution in [3.05, 3.63) is 29.3 Å². The molecular formula is C12H13BrO5. The lowest BCUT2D eigenvalue weighted by atomic mass is 10.0. The van der Waals surface area contributed by atoms with Gasteiger partial charge in [-0.25, -0.2) is 4.79 Å². The molecule has 0 fully saturated rings. The average Bonchev–Trinajstić information content (AvgIpc) is 2.35. The van der Waals surface area contributed by atoms with Crippen molar-refractivity contribution in [2.75, 3.05) is 7.11 Å². The Kier molecular flexibility index (Phi) is 4.86. The summed E-state index contributed by atoms with van der Waals surface area (Å²) in [6.07, 6.45) is -1.72. The van der Waals surface area contributed by atoms with E-state index in [1.165, 1.54) is 25.3 Å². The monoisotopic (exact) mass is 316 g/mol. The normalized spacial score (nSPS) is 13.8. The number of ether oxygens (including phenoxy) is 1. The number of methoxy groups -OCH3 is 1. The van der Waals surface area contributed by atoms with Crippen molar-refractivity contribution in [2.45, 2.75) is 17.9 Å². The molecule has 2 N–H and O–H groups in total. The fourth-order valence-corrected chi connectivity index (χ4v) is 1.73. The number of hydrogen-bond donors (Lipinski definition) is 2. The lowest BCUT2D eigenvalue weighted by molar-refractivity contribution is -0.147. The van der Waals surface area contributed by atoms with Crippen LogP contribution in [0.1, 0.15) is 28.9 Å². The number of carboxylic acid groups (broad SMARTS) is 1. The highest BCUT2D eigenvalue weighted by Crippen LogP contribution is 2.27. The van der Waals surface area contributed by atoms with Gasteiger partial charge in [-0.15, -0.1) is 0 Å². The number of hydrogen-bond acceptors (Lipinski definition) is 4. The Hall–Kier alpha value is -1.40. The number of halogens is 1. The molecule has 0 radical (unpaired) electrons. The van der Waals surface area contributed by atoms with Crippen LogP contribution in [0.25, 0.3) is 0 Å². The number of alkyl halides is 1. The van der Waals surface area contributed by atoms with Crippen LogP contribution in [-0.4, -0.2) is 33.9 Å². The Bertz CT molecular complexity index is 470. The predicted octanol–water partition coefficient (Wildman–Crippen LogP) is 1.78. The van der Waals surface area contributed by atoms with Gasteiger partial charge >= 0.3 is 5.97 Å². The van der Waals surface area contributed by atoms with E-state index in [2.05, 4.69) is 15.9 Å². The number of carbonyl (C=O) groups is 2. The quantitative estimate of drug-likeness (QED) is 0.639. The number of benzene rings is 1. The third-order valence-corrected chi connectivity index (χ3v) is 2.82. The van der Waals surface area contributed by atoms with E-state index >= 15 is 0 Å². The van der Waals surface area contributed by atoms with Crippen molar-refractivity contribution in [1.29, 1.82) is 0 Å². The van der Waals surface area contributed by atoms with Crippen molar-refractivity contribution in [1.82, 2.24) is 0 Å². The third-order valence-electron chi connectivity index (χ3n) is 2.40. The van der Waals surface area contributed by atoms with Gasteiger partial charge in [0.15, 0.2) is 11.9 Å². The Morgan fingerprint density at radius 3 is 2.44 bits per heavy atom. The van der Waals surface area contributed by atoms with Crippen molar-refractivity contribution in [3.63, 3.8) is 0 Å². The molecule has 1 rings (SSSR count). The average molecular weight is 317 g/mol. The number of ketones is 1. The predicted molar refractivity (Wildman–Crippen MR) is 68.3 cm³/mol. The van der Waals surface area contributed by atoms with Crippen LogP contribution in [0, 0.1) is 0 Å². The van der Waals surface area contributed by atoms with Gasteiger partial charge in [-0.05, 0) is 25.1 Å². The van der Waals surface area contributed by atoms with Gasteiger partial charge in [-0.1, -0.05) is 15.9 Å². The molecule has 0 aliphatic rings. The molecule has 0 aromatic heterocycles. The highest BCUT2D eigenvalue weighted by molar-refractivity contribution is 9.10. The molecule has 0 aliphatic heterocycles. The van der Waals surface area contributed by atoms with E-state index in [1.54, 1.807) is 6.92 Å². The summed E-state index contributed by atoms with van der Waals surface area (Å²) < 4.78 is 4.97. The fourth-order valence-electron chi connectivity index (χ4n) is 1.46.